The van der Waals surface area contributed by atoms with Gasteiger partial charge in [-0.2, -0.15) is 0 Å². The van der Waals surface area contributed by atoms with Crippen LogP contribution in [0.3, 0.4) is 0 Å². The maximum Gasteiger partial charge on any atom is 0.335 e. The molecule has 19 heavy (non-hydrogen) atoms. The van der Waals surface area contributed by atoms with Gasteiger partial charge >= 0.3 is 5.97 Å². The molecule has 0 atom stereocenters. The summed E-state index contributed by atoms with van der Waals surface area (Å²) in [6.45, 7) is 0.341. The minimum atomic E-state index is -1.16. The number of halogens is 1. The first-order chi connectivity index (χ1) is 9.16. The average molecular weight is 260 g/mol. The monoisotopic (exact) mass is 260 g/mol. The number of benzene rings is 2. The molecular weight excluding hydrogens is 247 g/mol. The van der Waals surface area contributed by atoms with E-state index >= 15 is 0 Å². The Bertz CT molecular complexity index is 567. The number of ether oxygens (including phenoxy) is 1. The Kier molecular flexibility index (Phi) is 4.13. The fourth-order valence-electron chi connectivity index (χ4n) is 1.67. The van der Waals surface area contributed by atoms with Crippen molar-refractivity contribution in [2.75, 3.05) is 6.61 Å². The molecule has 0 heterocycles. The number of carbonyl (C=O) groups is 1. The third-order valence-corrected chi connectivity index (χ3v) is 2.67. The van der Waals surface area contributed by atoms with Crippen LogP contribution in [0, 0.1) is 5.82 Å². The lowest BCUT2D eigenvalue weighted by atomic mass is 10.2. The van der Waals surface area contributed by atoms with Crippen molar-refractivity contribution >= 4 is 5.97 Å². The Morgan fingerprint density at radius 1 is 1.16 bits per heavy atom. The summed E-state index contributed by atoms with van der Waals surface area (Å²) in [7, 11) is 0. The van der Waals surface area contributed by atoms with Crippen LogP contribution in [0.1, 0.15) is 15.9 Å². The third kappa shape index (κ3) is 3.55. The van der Waals surface area contributed by atoms with Crippen LogP contribution >= 0.6 is 0 Å². The molecular formula is C15H13FO3. The van der Waals surface area contributed by atoms with Crippen LogP contribution < -0.4 is 4.74 Å². The number of hydrogen-bond donors (Lipinski definition) is 1. The molecule has 2 aromatic rings. The minimum absolute atomic E-state index is 0.0703. The second kappa shape index (κ2) is 6.00. The average Bonchev–Trinajstić information content (AvgIpc) is 2.41. The lowest BCUT2D eigenvalue weighted by Crippen LogP contribution is -2.04. The molecule has 0 saturated heterocycles. The second-order valence-electron chi connectivity index (χ2n) is 4.03. The molecule has 0 aliphatic heterocycles. The summed E-state index contributed by atoms with van der Waals surface area (Å²) in [5.74, 6) is -1.75. The van der Waals surface area contributed by atoms with Crippen LogP contribution in [-0.4, -0.2) is 17.7 Å². The van der Waals surface area contributed by atoms with E-state index in [1.165, 1.54) is 12.1 Å². The standard InChI is InChI=1S/C15H13FO3/c16-13-10-12(15(17)18)6-7-14(13)19-9-8-11-4-2-1-3-5-11/h1-7,10H,8-9H2,(H,17,18). The van der Waals surface area contributed by atoms with Crippen molar-refractivity contribution in [3.05, 3.63) is 65.5 Å². The lowest BCUT2D eigenvalue weighted by molar-refractivity contribution is 0.0696. The minimum Gasteiger partial charge on any atom is -0.490 e. The summed E-state index contributed by atoms with van der Waals surface area (Å²) in [4.78, 5) is 10.7. The lowest BCUT2D eigenvalue weighted by Gasteiger charge is -2.07. The van der Waals surface area contributed by atoms with Crippen LogP contribution in [0.2, 0.25) is 0 Å². The van der Waals surface area contributed by atoms with Crippen molar-refractivity contribution in [2.24, 2.45) is 0 Å². The van der Waals surface area contributed by atoms with E-state index in [4.69, 9.17) is 9.84 Å². The number of carboxylic acids is 1. The molecule has 0 radical (unpaired) electrons. The Morgan fingerprint density at radius 3 is 2.53 bits per heavy atom. The normalized spacial score (nSPS) is 10.2. The summed E-state index contributed by atoms with van der Waals surface area (Å²) >= 11 is 0. The van der Waals surface area contributed by atoms with Gasteiger partial charge in [0.2, 0.25) is 0 Å². The highest BCUT2D eigenvalue weighted by Gasteiger charge is 2.09. The molecule has 0 aromatic heterocycles. The number of rotatable bonds is 5. The van der Waals surface area contributed by atoms with Crippen molar-refractivity contribution in [1.82, 2.24) is 0 Å². The van der Waals surface area contributed by atoms with E-state index in [-0.39, 0.29) is 11.3 Å². The zero-order chi connectivity index (χ0) is 13.7. The molecule has 0 unspecified atom stereocenters. The van der Waals surface area contributed by atoms with Gasteiger partial charge in [0, 0.05) is 6.42 Å². The fraction of sp³-hybridized carbons (Fsp3) is 0.133. The summed E-state index contributed by atoms with van der Waals surface area (Å²) in [5, 5.41) is 8.72. The Balaban J connectivity index is 1.95. The van der Waals surface area contributed by atoms with E-state index in [9.17, 15) is 9.18 Å². The van der Waals surface area contributed by atoms with Crippen molar-refractivity contribution in [3.63, 3.8) is 0 Å². The van der Waals surface area contributed by atoms with Crippen LogP contribution in [-0.2, 0) is 6.42 Å². The fourth-order valence-corrected chi connectivity index (χ4v) is 1.67. The Labute approximate surface area is 110 Å². The quantitative estimate of drug-likeness (QED) is 0.898. The van der Waals surface area contributed by atoms with E-state index in [0.29, 0.717) is 13.0 Å². The van der Waals surface area contributed by atoms with Crippen LogP contribution in [0.4, 0.5) is 4.39 Å². The molecule has 1 N–H and O–H groups in total. The van der Waals surface area contributed by atoms with Gasteiger partial charge in [-0.05, 0) is 23.8 Å². The molecule has 0 amide bonds. The summed E-state index contributed by atoms with van der Waals surface area (Å²) in [6, 6.07) is 13.3. The third-order valence-electron chi connectivity index (χ3n) is 2.67. The van der Waals surface area contributed by atoms with Gasteiger partial charge in [0.05, 0.1) is 12.2 Å². The molecule has 2 rings (SSSR count). The highest BCUT2D eigenvalue weighted by Crippen LogP contribution is 2.18. The predicted molar refractivity (Wildman–Crippen MR) is 69.0 cm³/mol. The van der Waals surface area contributed by atoms with Gasteiger partial charge in [-0.3, -0.25) is 0 Å². The van der Waals surface area contributed by atoms with Crippen LogP contribution in [0.25, 0.3) is 0 Å². The largest absolute Gasteiger partial charge is 0.490 e. The van der Waals surface area contributed by atoms with Crippen LogP contribution in [0.5, 0.6) is 5.75 Å². The maximum absolute atomic E-state index is 13.5. The topological polar surface area (TPSA) is 46.5 Å². The maximum atomic E-state index is 13.5. The van der Waals surface area contributed by atoms with Gasteiger partial charge in [0.1, 0.15) is 0 Å². The molecule has 0 fully saturated rings. The van der Waals surface area contributed by atoms with E-state index in [1.54, 1.807) is 0 Å². The molecule has 3 nitrogen and oxygen atoms in total. The summed E-state index contributed by atoms with van der Waals surface area (Å²) in [6.07, 6.45) is 0.668. The predicted octanol–water partition coefficient (Wildman–Crippen LogP) is 3.15. The Morgan fingerprint density at radius 2 is 1.89 bits per heavy atom. The summed E-state index contributed by atoms with van der Waals surface area (Å²) in [5.41, 5.74) is 1.01. The van der Waals surface area contributed by atoms with Gasteiger partial charge in [0.25, 0.3) is 0 Å². The molecule has 0 spiro atoms. The van der Waals surface area contributed by atoms with Crippen molar-refractivity contribution in [2.45, 2.75) is 6.42 Å². The zero-order valence-electron chi connectivity index (χ0n) is 10.2. The second-order valence-corrected chi connectivity index (χ2v) is 4.03. The first kappa shape index (κ1) is 13.1. The van der Waals surface area contributed by atoms with Gasteiger partial charge in [0.15, 0.2) is 11.6 Å². The van der Waals surface area contributed by atoms with E-state index in [0.717, 1.165) is 11.6 Å². The summed E-state index contributed by atoms with van der Waals surface area (Å²) < 4.78 is 18.9. The molecule has 4 heteroatoms. The SMILES string of the molecule is O=C(O)c1ccc(OCCc2ccccc2)c(F)c1. The Hall–Kier alpha value is -2.36. The van der Waals surface area contributed by atoms with E-state index < -0.39 is 11.8 Å². The first-order valence-corrected chi connectivity index (χ1v) is 5.86. The zero-order valence-corrected chi connectivity index (χ0v) is 10.2. The van der Waals surface area contributed by atoms with Crippen molar-refractivity contribution in [1.29, 1.82) is 0 Å². The van der Waals surface area contributed by atoms with Gasteiger partial charge in [-0.1, -0.05) is 30.3 Å². The number of hydrogen-bond acceptors (Lipinski definition) is 2. The van der Waals surface area contributed by atoms with Crippen molar-refractivity contribution < 1.29 is 19.0 Å². The first-order valence-electron chi connectivity index (χ1n) is 5.86. The molecule has 0 aliphatic carbocycles. The molecule has 0 aliphatic rings. The van der Waals surface area contributed by atoms with E-state index in [2.05, 4.69) is 0 Å². The van der Waals surface area contributed by atoms with E-state index in [1.807, 2.05) is 30.3 Å². The molecule has 0 saturated carbocycles. The molecule has 0 bridgehead atoms. The van der Waals surface area contributed by atoms with Gasteiger partial charge < -0.3 is 9.84 Å². The number of carboxylic acid groups (broad SMARTS) is 1. The highest BCUT2D eigenvalue weighted by molar-refractivity contribution is 5.87. The van der Waals surface area contributed by atoms with Crippen molar-refractivity contribution in [3.8, 4) is 5.75 Å². The number of aromatic carboxylic acids is 1. The highest BCUT2D eigenvalue weighted by atomic mass is 19.1. The molecule has 2 aromatic carbocycles. The molecule has 98 valence electrons. The van der Waals surface area contributed by atoms with Gasteiger partial charge in [-0.15, -0.1) is 0 Å². The smallest absolute Gasteiger partial charge is 0.335 e. The van der Waals surface area contributed by atoms with Gasteiger partial charge in [-0.25, -0.2) is 9.18 Å². The van der Waals surface area contributed by atoms with Crippen LogP contribution in [0.15, 0.2) is 48.5 Å².